The molecule has 1 aromatic heterocycles. The van der Waals surface area contributed by atoms with Crippen LogP contribution in [0.4, 0.5) is 0 Å². The van der Waals surface area contributed by atoms with Crippen molar-refractivity contribution in [2.75, 3.05) is 6.79 Å². The second-order valence-electron chi connectivity index (χ2n) is 6.08. The van der Waals surface area contributed by atoms with E-state index in [1.54, 1.807) is 6.07 Å². The first-order valence-corrected chi connectivity index (χ1v) is 8.50. The summed E-state index contributed by atoms with van der Waals surface area (Å²) in [7, 11) is 0. The zero-order valence-corrected chi connectivity index (χ0v) is 14.7. The Labute approximate surface area is 151 Å². The van der Waals surface area contributed by atoms with E-state index in [4.69, 9.17) is 9.47 Å². The van der Waals surface area contributed by atoms with Gasteiger partial charge in [-0.2, -0.15) is 0 Å². The van der Waals surface area contributed by atoms with Gasteiger partial charge >= 0.3 is 0 Å². The maximum absolute atomic E-state index is 12.4. The minimum atomic E-state index is -0.287. The van der Waals surface area contributed by atoms with Crippen LogP contribution < -0.4 is 20.1 Å². The molecule has 26 heavy (non-hydrogen) atoms. The largest absolute Gasteiger partial charge is 0.454 e. The number of aromatic nitrogens is 1. The van der Waals surface area contributed by atoms with Crippen molar-refractivity contribution in [2.24, 2.45) is 0 Å². The van der Waals surface area contributed by atoms with E-state index in [9.17, 15) is 9.59 Å². The normalized spacial score (nSPS) is 13.2. The number of hydrogen-bond acceptors (Lipinski definition) is 5. The van der Waals surface area contributed by atoms with Crippen molar-refractivity contribution < 1.29 is 19.1 Å². The highest BCUT2D eigenvalue weighted by Crippen LogP contribution is 2.32. The summed E-state index contributed by atoms with van der Waals surface area (Å²) < 4.78 is 10.6. The maximum atomic E-state index is 12.4. The lowest BCUT2D eigenvalue weighted by atomic mass is 10.1. The quantitative estimate of drug-likeness (QED) is 0.830. The smallest absolute Gasteiger partial charge is 0.270 e. The molecule has 3 rings (SSSR count). The molecule has 2 aromatic rings. The molecule has 0 fully saturated rings. The Morgan fingerprint density at radius 3 is 2.77 bits per heavy atom. The zero-order chi connectivity index (χ0) is 18.5. The van der Waals surface area contributed by atoms with Gasteiger partial charge in [-0.1, -0.05) is 13.0 Å². The maximum Gasteiger partial charge on any atom is 0.270 e. The van der Waals surface area contributed by atoms with E-state index in [0.29, 0.717) is 23.6 Å². The molecule has 0 bridgehead atoms. The van der Waals surface area contributed by atoms with Crippen LogP contribution in [-0.4, -0.2) is 29.6 Å². The van der Waals surface area contributed by atoms with E-state index in [0.717, 1.165) is 12.0 Å². The number of carbonyl (C=O) groups is 2. The van der Waals surface area contributed by atoms with Crippen LogP contribution in [0.25, 0.3) is 0 Å². The molecule has 2 amide bonds. The third-order valence-corrected chi connectivity index (χ3v) is 4.13. The summed E-state index contributed by atoms with van der Waals surface area (Å²) in [5, 5.41) is 5.66. The molecule has 1 atom stereocenters. The highest BCUT2D eigenvalue weighted by Gasteiger charge is 2.15. The minimum Gasteiger partial charge on any atom is -0.454 e. The van der Waals surface area contributed by atoms with Gasteiger partial charge in [-0.05, 0) is 43.2 Å². The number of rotatable bonds is 6. The molecule has 136 valence electrons. The number of nitrogens with one attached hydrogen (secondary N) is 2. The molecule has 1 aromatic carbocycles. The van der Waals surface area contributed by atoms with Crippen LogP contribution in [0.3, 0.4) is 0 Å². The molecule has 7 heteroatoms. The second-order valence-corrected chi connectivity index (χ2v) is 6.08. The number of ether oxygens (including phenoxy) is 2. The molecule has 0 aliphatic carbocycles. The predicted molar refractivity (Wildman–Crippen MR) is 95.2 cm³/mol. The number of pyridine rings is 1. The Morgan fingerprint density at radius 1 is 1.15 bits per heavy atom. The summed E-state index contributed by atoms with van der Waals surface area (Å²) >= 11 is 0. The van der Waals surface area contributed by atoms with Crippen molar-refractivity contribution in [1.29, 1.82) is 0 Å². The van der Waals surface area contributed by atoms with Gasteiger partial charge in [0.15, 0.2) is 11.5 Å². The summed E-state index contributed by atoms with van der Waals surface area (Å²) in [4.78, 5) is 28.6. The van der Waals surface area contributed by atoms with Gasteiger partial charge in [-0.3, -0.25) is 14.6 Å². The van der Waals surface area contributed by atoms with E-state index in [1.807, 2.05) is 32.0 Å². The first-order chi connectivity index (χ1) is 12.6. The minimum absolute atomic E-state index is 0.0489. The fourth-order valence-corrected chi connectivity index (χ4v) is 2.43. The Morgan fingerprint density at radius 2 is 1.96 bits per heavy atom. The molecular weight excluding hydrogens is 334 g/mol. The van der Waals surface area contributed by atoms with Gasteiger partial charge in [-0.25, -0.2) is 0 Å². The summed E-state index contributed by atoms with van der Waals surface area (Å²) in [6.07, 6.45) is 2.28. The molecule has 1 aliphatic rings. The zero-order valence-electron chi connectivity index (χ0n) is 14.7. The molecule has 1 aliphatic heterocycles. The standard InChI is InChI=1S/C19H21N3O4/c1-3-12(2)22-19(24)15-9-14(6-7-20-15)18(23)21-10-13-4-5-16-17(8-13)26-11-25-16/h4-9,12H,3,10-11H2,1-2H3,(H,21,23)(H,22,24). The van der Waals surface area contributed by atoms with Gasteiger partial charge in [0, 0.05) is 24.3 Å². The van der Waals surface area contributed by atoms with Crippen LogP contribution in [0.5, 0.6) is 11.5 Å². The van der Waals surface area contributed by atoms with Crippen LogP contribution >= 0.6 is 0 Å². The van der Waals surface area contributed by atoms with Crippen molar-refractivity contribution in [3.63, 3.8) is 0 Å². The third kappa shape index (κ3) is 4.11. The lowest BCUT2D eigenvalue weighted by molar-refractivity contribution is 0.0934. The molecule has 0 saturated heterocycles. The van der Waals surface area contributed by atoms with Crippen LogP contribution in [0, 0.1) is 0 Å². The molecule has 1 unspecified atom stereocenters. The van der Waals surface area contributed by atoms with E-state index in [2.05, 4.69) is 15.6 Å². The molecule has 2 N–H and O–H groups in total. The molecule has 0 spiro atoms. The highest BCUT2D eigenvalue weighted by atomic mass is 16.7. The number of amides is 2. The van der Waals surface area contributed by atoms with Crippen molar-refractivity contribution in [3.8, 4) is 11.5 Å². The summed E-state index contributed by atoms with van der Waals surface area (Å²) in [5.74, 6) is 0.809. The first kappa shape index (κ1) is 17.7. The fourth-order valence-electron chi connectivity index (χ4n) is 2.43. The second kappa shape index (κ2) is 7.86. The van der Waals surface area contributed by atoms with Gasteiger partial charge < -0.3 is 20.1 Å². The van der Waals surface area contributed by atoms with Crippen molar-refractivity contribution >= 4 is 11.8 Å². The Balaban J connectivity index is 1.63. The average molecular weight is 355 g/mol. The third-order valence-electron chi connectivity index (χ3n) is 4.13. The highest BCUT2D eigenvalue weighted by molar-refractivity contribution is 5.98. The number of benzene rings is 1. The van der Waals surface area contributed by atoms with E-state index in [1.165, 1.54) is 12.3 Å². The van der Waals surface area contributed by atoms with Crippen LogP contribution in [0.15, 0.2) is 36.5 Å². The van der Waals surface area contributed by atoms with Crippen molar-refractivity contribution in [3.05, 3.63) is 53.3 Å². The van der Waals surface area contributed by atoms with Crippen LogP contribution in [0.1, 0.15) is 46.7 Å². The van der Waals surface area contributed by atoms with Crippen LogP contribution in [-0.2, 0) is 6.54 Å². The molecule has 0 saturated carbocycles. The summed E-state index contributed by atoms with van der Waals surface area (Å²) in [6.45, 7) is 4.45. The molecule has 0 radical (unpaired) electrons. The number of carbonyl (C=O) groups excluding carboxylic acids is 2. The average Bonchev–Trinajstić information content (AvgIpc) is 3.13. The lowest BCUT2D eigenvalue weighted by Crippen LogP contribution is -2.32. The molecular formula is C19H21N3O4. The number of nitrogens with zero attached hydrogens (tertiary/aromatic N) is 1. The first-order valence-electron chi connectivity index (χ1n) is 8.50. The summed E-state index contributed by atoms with van der Waals surface area (Å²) in [5.41, 5.74) is 1.50. The summed E-state index contributed by atoms with van der Waals surface area (Å²) in [6, 6.07) is 8.63. The van der Waals surface area contributed by atoms with Gasteiger partial charge in [0.1, 0.15) is 5.69 Å². The van der Waals surface area contributed by atoms with Gasteiger partial charge in [0.2, 0.25) is 6.79 Å². The van der Waals surface area contributed by atoms with E-state index < -0.39 is 0 Å². The lowest BCUT2D eigenvalue weighted by Gasteiger charge is -2.11. The Kier molecular flexibility index (Phi) is 5.36. The predicted octanol–water partition coefficient (Wildman–Crippen LogP) is 2.27. The topological polar surface area (TPSA) is 89.6 Å². The Hall–Kier alpha value is -3.09. The van der Waals surface area contributed by atoms with Gasteiger partial charge in [0.25, 0.3) is 11.8 Å². The monoisotopic (exact) mass is 355 g/mol. The fraction of sp³-hybridized carbons (Fsp3) is 0.316. The van der Waals surface area contributed by atoms with Crippen molar-refractivity contribution in [1.82, 2.24) is 15.6 Å². The SMILES string of the molecule is CCC(C)NC(=O)c1cc(C(=O)NCc2ccc3c(c2)OCO3)ccn1. The number of hydrogen-bond donors (Lipinski definition) is 2. The Bertz CT molecular complexity index is 822. The van der Waals surface area contributed by atoms with Gasteiger partial charge in [-0.15, -0.1) is 0 Å². The molecule has 7 nitrogen and oxygen atoms in total. The van der Waals surface area contributed by atoms with Gasteiger partial charge in [0.05, 0.1) is 0 Å². The van der Waals surface area contributed by atoms with E-state index >= 15 is 0 Å². The number of fused-ring (bicyclic) bond motifs is 1. The van der Waals surface area contributed by atoms with Crippen molar-refractivity contribution in [2.45, 2.75) is 32.9 Å². The van der Waals surface area contributed by atoms with E-state index in [-0.39, 0.29) is 30.3 Å². The molecule has 2 heterocycles. The van der Waals surface area contributed by atoms with Crippen LogP contribution in [0.2, 0.25) is 0 Å².